The van der Waals surface area contributed by atoms with E-state index in [1.165, 1.54) is 6.20 Å². The summed E-state index contributed by atoms with van der Waals surface area (Å²) in [7, 11) is 0. The lowest BCUT2D eigenvalue weighted by molar-refractivity contribution is -0.135. The number of unbranched alkanes of at least 4 members (excludes halogenated alkanes) is 2. The highest BCUT2D eigenvalue weighted by molar-refractivity contribution is 7.19. The number of rotatable bonds is 7. The Morgan fingerprint density at radius 3 is 2.56 bits per heavy atom. The second-order valence-corrected chi connectivity index (χ2v) is 6.99. The molecule has 0 aliphatic rings. The van der Waals surface area contributed by atoms with Crippen molar-refractivity contribution in [3.8, 4) is 0 Å². The van der Waals surface area contributed by atoms with Gasteiger partial charge in [0.25, 0.3) is 0 Å². The van der Waals surface area contributed by atoms with Gasteiger partial charge in [0, 0.05) is 12.0 Å². The van der Waals surface area contributed by atoms with Crippen molar-refractivity contribution in [3.05, 3.63) is 40.4 Å². The van der Waals surface area contributed by atoms with Crippen LogP contribution in [0.1, 0.15) is 43.0 Å². The average Bonchev–Trinajstić information content (AvgIpc) is 3.01. The summed E-state index contributed by atoms with van der Waals surface area (Å²) in [4.78, 5) is 41.5. The summed E-state index contributed by atoms with van der Waals surface area (Å²) in [6.07, 6.45) is 4.44. The number of hydrogen-bond acceptors (Lipinski definition) is 5. The van der Waals surface area contributed by atoms with Crippen LogP contribution in [0.15, 0.2) is 30.5 Å². The van der Waals surface area contributed by atoms with Crippen LogP contribution >= 0.6 is 22.9 Å². The minimum absolute atomic E-state index is 0.103. The number of benzene rings is 1. The third-order valence-corrected chi connectivity index (χ3v) is 4.62. The second-order valence-electron chi connectivity index (χ2n) is 5.35. The van der Waals surface area contributed by atoms with Gasteiger partial charge in [-0.05, 0) is 18.6 Å². The van der Waals surface area contributed by atoms with Crippen LogP contribution < -0.4 is 10.6 Å². The van der Waals surface area contributed by atoms with E-state index in [0.717, 1.165) is 35.5 Å². The van der Waals surface area contributed by atoms with Crippen LogP contribution in [0.25, 0.3) is 0 Å². The Labute approximate surface area is 154 Å². The number of anilines is 2. The topological polar surface area (TPSA) is 93.4 Å². The molecule has 2 amide bonds. The fourth-order valence-corrected chi connectivity index (χ4v) is 3.25. The summed E-state index contributed by atoms with van der Waals surface area (Å²) >= 11 is 6.92. The first-order valence-corrected chi connectivity index (χ1v) is 9.02. The quantitative estimate of drug-likeness (QED) is 0.450. The summed E-state index contributed by atoms with van der Waals surface area (Å²) in [5.74, 6) is -2.21. The lowest BCUT2D eigenvalue weighted by Crippen LogP contribution is -2.38. The Hall–Kier alpha value is -2.25. The van der Waals surface area contributed by atoms with E-state index in [-0.39, 0.29) is 16.6 Å². The highest BCUT2D eigenvalue weighted by Gasteiger charge is 2.28. The van der Waals surface area contributed by atoms with Crippen molar-refractivity contribution in [2.24, 2.45) is 5.73 Å². The molecular formula is C17H18ClN3O3S. The van der Waals surface area contributed by atoms with Gasteiger partial charge in [-0.15, -0.1) is 0 Å². The van der Waals surface area contributed by atoms with Crippen molar-refractivity contribution in [1.29, 1.82) is 0 Å². The predicted octanol–water partition coefficient (Wildman–Crippen LogP) is 3.71. The largest absolute Gasteiger partial charge is 0.361 e. The van der Waals surface area contributed by atoms with Crippen molar-refractivity contribution >= 4 is 51.4 Å². The molecule has 1 heterocycles. The normalized spacial score (nSPS) is 10.5. The van der Waals surface area contributed by atoms with E-state index >= 15 is 0 Å². The Kier molecular flexibility index (Phi) is 6.66. The van der Waals surface area contributed by atoms with E-state index in [9.17, 15) is 14.4 Å². The van der Waals surface area contributed by atoms with E-state index in [4.69, 9.17) is 17.3 Å². The van der Waals surface area contributed by atoms with Gasteiger partial charge < -0.3 is 5.73 Å². The number of ketones is 1. The van der Waals surface area contributed by atoms with Gasteiger partial charge >= 0.3 is 11.8 Å². The molecule has 0 spiro atoms. The van der Waals surface area contributed by atoms with E-state index < -0.39 is 11.8 Å². The number of thiazole rings is 1. The van der Waals surface area contributed by atoms with Crippen molar-refractivity contribution in [3.63, 3.8) is 0 Å². The van der Waals surface area contributed by atoms with E-state index in [1.54, 1.807) is 24.3 Å². The highest BCUT2D eigenvalue weighted by Crippen LogP contribution is 2.34. The number of para-hydroxylation sites is 1. The fourth-order valence-electron chi connectivity index (χ4n) is 2.33. The van der Waals surface area contributed by atoms with Crippen LogP contribution in [-0.4, -0.2) is 22.6 Å². The number of nitrogens with two attached hydrogens (primary N) is 1. The van der Waals surface area contributed by atoms with Gasteiger partial charge in [0.15, 0.2) is 10.9 Å². The molecular weight excluding hydrogens is 362 g/mol. The van der Waals surface area contributed by atoms with Crippen LogP contribution in [0.2, 0.25) is 4.34 Å². The Bertz CT molecular complexity index is 791. The zero-order chi connectivity index (χ0) is 18.4. The van der Waals surface area contributed by atoms with Crippen molar-refractivity contribution in [2.45, 2.75) is 32.6 Å². The fraction of sp³-hybridized carbons (Fsp3) is 0.294. The molecule has 132 valence electrons. The van der Waals surface area contributed by atoms with Gasteiger partial charge in [-0.1, -0.05) is 54.8 Å². The second kappa shape index (κ2) is 8.73. The molecule has 0 saturated carbocycles. The summed E-state index contributed by atoms with van der Waals surface area (Å²) in [5.41, 5.74) is 5.80. The number of carbonyl (C=O) groups excluding carboxylic acids is 3. The Morgan fingerprint density at radius 2 is 1.96 bits per heavy atom. The average molecular weight is 380 g/mol. The highest BCUT2D eigenvalue weighted by atomic mass is 35.5. The van der Waals surface area contributed by atoms with Crippen LogP contribution in [0.5, 0.6) is 0 Å². The number of halogens is 1. The van der Waals surface area contributed by atoms with E-state index in [2.05, 4.69) is 11.9 Å². The first-order chi connectivity index (χ1) is 12.0. The molecule has 6 nitrogen and oxygen atoms in total. The van der Waals surface area contributed by atoms with Gasteiger partial charge in [-0.25, -0.2) is 9.88 Å². The molecule has 0 atom stereocenters. The monoisotopic (exact) mass is 379 g/mol. The lowest BCUT2D eigenvalue weighted by Gasteiger charge is -2.21. The summed E-state index contributed by atoms with van der Waals surface area (Å²) in [6.45, 7) is 2.05. The maximum Gasteiger partial charge on any atom is 0.322 e. The molecule has 0 aliphatic heterocycles. The van der Waals surface area contributed by atoms with Crippen LogP contribution in [-0.2, 0) is 9.59 Å². The molecule has 0 unspecified atom stereocenters. The summed E-state index contributed by atoms with van der Waals surface area (Å²) in [6, 6.07) is 6.59. The number of nitrogens with zero attached hydrogens (tertiary/aromatic N) is 2. The number of amides is 2. The molecule has 0 aliphatic carbocycles. The third kappa shape index (κ3) is 4.64. The molecule has 0 bridgehead atoms. The molecule has 0 radical (unpaired) electrons. The molecule has 8 heteroatoms. The minimum Gasteiger partial charge on any atom is -0.361 e. The third-order valence-electron chi connectivity index (χ3n) is 3.52. The van der Waals surface area contributed by atoms with Gasteiger partial charge in [0.2, 0.25) is 0 Å². The Balaban J connectivity index is 2.46. The van der Waals surface area contributed by atoms with Crippen molar-refractivity contribution in [1.82, 2.24) is 4.98 Å². The number of primary amides is 1. The zero-order valence-corrected chi connectivity index (χ0v) is 15.3. The summed E-state index contributed by atoms with van der Waals surface area (Å²) in [5, 5.41) is 0.183. The number of aromatic nitrogens is 1. The van der Waals surface area contributed by atoms with Gasteiger partial charge in [-0.3, -0.25) is 14.4 Å². The summed E-state index contributed by atoms with van der Waals surface area (Å²) < 4.78 is 0.351. The first kappa shape index (κ1) is 19.1. The van der Waals surface area contributed by atoms with Crippen LogP contribution in [0, 0.1) is 0 Å². The van der Waals surface area contributed by atoms with Crippen molar-refractivity contribution < 1.29 is 14.4 Å². The number of Topliss-reactive ketones (excluding diaryl/α,β-unsaturated/α-hetero) is 1. The molecule has 0 saturated heterocycles. The van der Waals surface area contributed by atoms with Gasteiger partial charge in [0.1, 0.15) is 4.34 Å². The number of hydrogen-bond donors (Lipinski definition) is 1. The van der Waals surface area contributed by atoms with Gasteiger partial charge in [-0.2, -0.15) is 0 Å². The number of carbonyl (C=O) groups is 3. The first-order valence-electron chi connectivity index (χ1n) is 7.83. The molecule has 1 aromatic heterocycles. The molecule has 0 fully saturated rings. The molecule has 1 aromatic carbocycles. The molecule has 2 aromatic rings. The van der Waals surface area contributed by atoms with Crippen molar-refractivity contribution in [2.75, 3.05) is 4.90 Å². The maximum atomic E-state index is 12.6. The standard InChI is InChI=1S/C17H18ClN3O3S/c1-2-3-4-9-13(22)11-7-5-6-8-12(11)21(16(24)15(19)23)17-20-10-14(18)25-17/h5-8,10H,2-4,9H2,1H3,(H2,19,23). The van der Waals surface area contributed by atoms with Gasteiger partial charge in [0.05, 0.1) is 11.9 Å². The maximum absolute atomic E-state index is 12.6. The van der Waals surface area contributed by atoms with Crippen LogP contribution in [0.3, 0.4) is 0 Å². The smallest absolute Gasteiger partial charge is 0.322 e. The molecule has 2 N–H and O–H groups in total. The van der Waals surface area contributed by atoms with Crippen LogP contribution in [0.4, 0.5) is 10.8 Å². The zero-order valence-electron chi connectivity index (χ0n) is 13.7. The predicted molar refractivity (Wildman–Crippen MR) is 98.4 cm³/mol. The molecule has 2 rings (SSSR count). The minimum atomic E-state index is -1.14. The van der Waals surface area contributed by atoms with E-state index in [0.29, 0.717) is 16.3 Å². The Morgan fingerprint density at radius 1 is 1.24 bits per heavy atom. The lowest BCUT2D eigenvalue weighted by atomic mass is 10.0. The molecule has 25 heavy (non-hydrogen) atoms. The SMILES string of the molecule is CCCCCC(=O)c1ccccc1N(C(=O)C(N)=O)c1ncc(Cl)s1. The van der Waals surface area contributed by atoms with E-state index in [1.807, 2.05) is 0 Å².